The third-order valence-corrected chi connectivity index (χ3v) is 9.30. The summed E-state index contributed by atoms with van der Waals surface area (Å²) >= 11 is 0. The molecule has 1 aromatic heterocycles. The smallest absolute Gasteiger partial charge is 0.302 e. The van der Waals surface area contributed by atoms with Gasteiger partial charge in [0.25, 0.3) is 0 Å². The van der Waals surface area contributed by atoms with Crippen LogP contribution in [0.2, 0.25) is 0 Å². The van der Waals surface area contributed by atoms with Crippen LogP contribution in [-0.4, -0.2) is 53.8 Å². The summed E-state index contributed by atoms with van der Waals surface area (Å²) in [7, 11) is 0. The van der Waals surface area contributed by atoms with Crippen LogP contribution >= 0.6 is 0 Å². The molecule has 2 saturated carbocycles. The number of esters is 2. The molecule has 6 rings (SSSR count). The molecule has 5 aliphatic rings. The van der Waals surface area contributed by atoms with Gasteiger partial charge < -0.3 is 28.1 Å². The topological polar surface area (TPSA) is 114 Å². The van der Waals surface area contributed by atoms with Crippen LogP contribution in [0.25, 0.3) is 0 Å². The predicted molar refractivity (Wildman–Crippen MR) is 109 cm³/mol. The van der Waals surface area contributed by atoms with Crippen LogP contribution in [0, 0.1) is 10.8 Å². The largest absolute Gasteiger partial charge is 0.472 e. The maximum atomic E-state index is 13.4. The highest BCUT2D eigenvalue weighted by atomic mass is 16.8. The molecule has 7 atom stereocenters. The molecule has 0 aromatic carbocycles. The van der Waals surface area contributed by atoms with Crippen molar-refractivity contribution in [3.63, 3.8) is 0 Å². The van der Waals surface area contributed by atoms with Gasteiger partial charge >= 0.3 is 11.9 Å². The molecule has 2 spiro atoms. The number of epoxide rings is 1. The van der Waals surface area contributed by atoms with E-state index in [1.54, 1.807) is 12.5 Å². The molecule has 0 N–H and O–H groups in total. The number of rotatable bonds is 4. The minimum Gasteiger partial charge on any atom is -0.472 e. The summed E-state index contributed by atoms with van der Waals surface area (Å²) < 4.78 is 36.5. The molecular weight excluding hydrogens is 432 g/mol. The van der Waals surface area contributed by atoms with E-state index in [-0.39, 0.29) is 25.4 Å². The highest BCUT2D eigenvalue weighted by Crippen LogP contribution is 2.81. The second kappa shape index (κ2) is 6.06. The second-order valence-corrected chi connectivity index (χ2v) is 10.6. The fourth-order valence-electron chi connectivity index (χ4n) is 7.78. The van der Waals surface area contributed by atoms with Gasteiger partial charge in [0, 0.05) is 44.1 Å². The number of ether oxygens (including phenoxy) is 5. The predicted octanol–water partition coefficient (Wildman–Crippen LogP) is 2.40. The van der Waals surface area contributed by atoms with Crippen LogP contribution in [0.15, 0.2) is 23.0 Å². The molecule has 4 heterocycles. The van der Waals surface area contributed by atoms with Gasteiger partial charge in [0.15, 0.2) is 17.2 Å². The monoisotopic (exact) mass is 460 g/mol. The molecule has 3 saturated heterocycles. The Morgan fingerprint density at radius 3 is 2.55 bits per heavy atom. The number of Topliss-reactive ketones (excluding diaryl/α,β-unsaturated/α-hetero) is 1. The first-order chi connectivity index (χ1) is 15.5. The van der Waals surface area contributed by atoms with Crippen LogP contribution in [0.4, 0.5) is 0 Å². The lowest BCUT2D eigenvalue weighted by atomic mass is 9.40. The third-order valence-electron chi connectivity index (χ3n) is 9.30. The van der Waals surface area contributed by atoms with Crippen LogP contribution < -0.4 is 0 Å². The summed E-state index contributed by atoms with van der Waals surface area (Å²) in [6, 6.07) is 1.82. The van der Waals surface area contributed by atoms with Gasteiger partial charge in [-0.05, 0) is 19.4 Å². The van der Waals surface area contributed by atoms with Crippen molar-refractivity contribution in [1.82, 2.24) is 0 Å². The SMILES string of the molecule is CC(=O)OCC12C(OC(C)=O)CC3(C)OC4(c5ccoc5)CC3(C)C1(CCC(=O)C21CO1)O4. The number of carbonyl (C=O) groups excluding carboxylic acids is 3. The Bertz CT molecular complexity index is 1060. The lowest BCUT2D eigenvalue weighted by molar-refractivity contribution is -0.421. The van der Waals surface area contributed by atoms with E-state index in [4.69, 9.17) is 28.1 Å². The summed E-state index contributed by atoms with van der Waals surface area (Å²) in [6.07, 6.45) is 3.85. The Labute approximate surface area is 191 Å². The van der Waals surface area contributed by atoms with E-state index in [1.165, 1.54) is 13.8 Å². The van der Waals surface area contributed by atoms with Crippen molar-refractivity contribution in [1.29, 1.82) is 0 Å². The molecule has 0 amide bonds. The van der Waals surface area contributed by atoms with Crippen molar-refractivity contribution in [3.8, 4) is 0 Å². The Balaban J connectivity index is 1.62. The number of carbonyl (C=O) groups is 3. The van der Waals surface area contributed by atoms with Gasteiger partial charge in [-0.3, -0.25) is 14.4 Å². The van der Waals surface area contributed by atoms with E-state index >= 15 is 0 Å². The van der Waals surface area contributed by atoms with Crippen LogP contribution in [0.1, 0.15) is 58.9 Å². The Morgan fingerprint density at radius 1 is 1.18 bits per heavy atom. The highest BCUT2D eigenvalue weighted by molar-refractivity contribution is 5.93. The fourth-order valence-corrected chi connectivity index (χ4v) is 7.78. The minimum atomic E-state index is -1.24. The third kappa shape index (κ3) is 2.17. The van der Waals surface area contributed by atoms with Crippen molar-refractivity contribution in [2.24, 2.45) is 10.8 Å². The standard InChI is InChI=1S/C24H28O9/c1-14(25)29-12-21-18(31-15(2)26)9-20(4)19(3)11-23(32-20,16-6-8-28-10-16)33-24(19,21)7-5-17(27)22(21)13-30-22/h6,8,10,18H,5,7,9,11-13H2,1-4H3. The molecule has 33 heavy (non-hydrogen) atoms. The van der Waals surface area contributed by atoms with E-state index in [9.17, 15) is 14.4 Å². The normalized spacial score (nSPS) is 49.1. The van der Waals surface area contributed by atoms with Crippen LogP contribution in [-0.2, 0) is 43.9 Å². The van der Waals surface area contributed by atoms with Gasteiger partial charge in [0.2, 0.25) is 0 Å². The minimum absolute atomic E-state index is 0.0747. The molecule has 9 nitrogen and oxygen atoms in total. The van der Waals surface area contributed by atoms with Crippen molar-refractivity contribution in [2.75, 3.05) is 13.2 Å². The number of fused-ring (bicyclic) bond motifs is 2. The molecule has 9 heteroatoms. The molecule has 2 bridgehead atoms. The highest BCUT2D eigenvalue weighted by Gasteiger charge is 2.93. The maximum Gasteiger partial charge on any atom is 0.302 e. The zero-order valence-electron chi connectivity index (χ0n) is 19.2. The molecule has 3 aliphatic heterocycles. The summed E-state index contributed by atoms with van der Waals surface area (Å²) in [5.74, 6) is -2.14. The first-order valence-corrected chi connectivity index (χ1v) is 11.4. The summed E-state index contributed by atoms with van der Waals surface area (Å²) in [5.41, 5.74) is -4.04. The second-order valence-electron chi connectivity index (χ2n) is 10.6. The molecule has 2 aliphatic carbocycles. The Hall–Kier alpha value is -2.23. The molecule has 0 radical (unpaired) electrons. The van der Waals surface area contributed by atoms with Crippen molar-refractivity contribution in [2.45, 2.75) is 82.1 Å². The number of hydrogen-bond acceptors (Lipinski definition) is 9. The lowest BCUT2D eigenvalue weighted by Crippen LogP contribution is -2.82. The van der Waals surface area contributed by atoms with E-state index in [2.05, 4.69) is 6.92 Å². The average Bonchev–Trinajstić information content (AvgIpc) is 3.12. The zero-order valence-corrected chi connectivity index (χ0v) is 19.2. The van der Waals surface area contributed by atoms with Gasteiger partial charge in [-0.2, -0.15) is 0 Å². The number of furan rings is 1. The first kappa shape index (κ1) is 21.3. The van der Waals surface area contributed by atoms with E-state index < -0.39 is 51.5 Å². The van der Waals surface area contributed by atoms with E-state index in [1.807, 2.05) is 13.0 Å². The maximum absolute atomic E-state index is 13.4. The van der Waals surface area contributed by atoms with Crippen molar-refractivity contribution in [3.05, 3.63) is 24.2 Å². The molecule has 5 fully saturated rings. The molecular formula is C24H28O9. The molecule has 7 unspecified atom stereocenters. The molecule has 178 valence electrons. The van der Waals surface area contributed by atoms with Crippen LogP contribution in [0.3, 0.4) is 0 Å². The van der Waals surface area contributed by atoms with Gasteiger partial charge in [-0.15, -0.1) is 0 Å². The number of ketones is 1. The molecule has 1 aromatic rings. The van der Waals surface area contributed by atoms with Gasteiger partial charge in [0.1, 0.15) is 18.1 Å². The van der Waals surface area contributed by atoms with Crippen molar-refractivity contribution >= 4 is 17.7 Å². The summed E-state index contributed by atoms with van der Waals surface area (Å²) in [4.78, 5) is 37.7. The van der Waals surface area contributed by atoms with E-state index in [0.29, 0.717) is 19.3 Å². The van der Waals surface area contributed by atoms with Gasteiger partial charge in [-0.25, -0.2) is 0 Å². The Morgan fingerprint density at radius 2 is 1.94 bits per heavy atom. The number of hydrogen-bond donors (Lipinski definition) is 0. The Kier molecular flexibility index (Phi) is 3.91. The van der Waals surface area contributed by atoms with Crippen LogP contribution in [0.5, 0.6) is 0 Å². The fraction of sp³-hybridized carbons (Fsp3) is 0.708. The van der Waals surface area contributed by atoms with Gasteiger partial charge in [0.05, 0.1) is 30.3 Å². The van der Waals surface area contributed by atoms with E-state index in [0.717, 1.165) is 5.56 Å². The average molecular weight is 460 g/mol. The lowest BCUT2D eigenvalue weighted by Gasteiger charge is -2.69. The first-order valence-electron chi connectivity index (χ1n) is 11.4. The zero-order chi connectivity index (χ0) is 23.5. The quantitative estimate of drug-likeness (QED) is 0.493. The summed E-state index contributed by atoms with van der Waals surface area (Å²) in [6.45, 7) is 6.80. The van der Waals surface area contributed by atoms with Gasteiger partial charge in [-0.1, -0.05) is 6.92 Å². The summed E-state index contributed by atoms with van der Waals surface area (Å²) in [5, 5.41) is 0. The van der Waals surface area contributed by atoms with Crippen molar-refractivity contribution < 1.29 is 42.5 Å².